The Labute approximate surface area is 111 Å². The van der Waals surface area contributed by atoms with E-state index < -0.39 is 0 Å². The van der Waals surface area contributed by atoms with Gasteiger partial charge in [-0.2, -0.15) is 0 Å². The van der Waals surface area contributed by atoms with Gasteiger partial charge in [-0.05, 0) is 43.9 Å². The van der Waals surface area contributed by atoms with E-state index in [0.29, 0.717) is 6.04 Å². The van der Waals surface area contributed by atoms with Crippen molar-refractivity contribution in [2.24, 2.45) is 5.73 Å². The van der Waals surface area contributed by atoms with Gasteiger partial charge in [0.2, 0.25) is 0 Å². The van der Waals surface area contributed by atoms with E-state index in [1.807, 2.05) is 0 Å². The summed E-state index contributed by atoms with van der Waals surface area (Å²) in [5.41, 5.74) is 9.01. The topological polar surface area (TPSA) is 29.3 Å². The van der Waals surface area contributed by atoms with Gasteiger partial charge in [0.1, 0.15) is 0 Å². The molecule has 1 aromatic rings. The fourth-order valence-corrected chi connectivity index (χ4v) is 2.84. The fraction of sp³-hybridized carbons (Fsp3) is 0.625. The van der Waals surface area contributed by atoms with E-state index >= 15 is 0 Å². The van der Waals surface area contributed by atoms with E-state index in [4.69, 9.17) is 5.73 Å². The molecule has 0 aromatic heterocycles. The third-order valence-corrected chi connectivity index (χ3v) is 4.07. The highest BCUT2D eigenvalue weighted by atomic mass is 15.2. The highest BCUT2D eigenvalue weighted by Crippen LogP contribution is 2.20. The first kappa shape index (κ1) is 13.6. The molecule has 2 unspecified atom stereocenters. The average Bonchev–Trinajstić information content (AvgIpc) is 2.76. The third kappa shape index (κ3) is 3.33. The molecule has 1 saturated heterocycles. The first-order valence-corrected chi connectivity index (χ1v) is 7.29. The molecule has 0 spiro atoms. The Hall–Kier alpha value is -0.860. The van der Waals surface area contributed by atoms with Gasteiger partial charge < -0.3 is 5.73 Å². The number of benzene rings is 1. The van der Waals surface area contributed by atoms with E-state index in [1.54, 1.807) is 0 Å². The van der Waals surface area contributed by atoms with Crippen molar-refractivity contribution < 1.29 is 0 Å². The van der Waals surface area contributed by atoms with E-state index in [0.717, 1.165) is 6.54 Å². The predicted octanol–water partition coefficient (Wildman–Crippen LogP) is 3.12. The van der Waals surface area contributed by atoms with E-state index in [-0.39, 0.29) is 6.04 Å². The highest BCUT2D eigenvalue weighted by Gasteiger charge is 2.22. The van der Waals surface area contributed by atoms with Gasteiger partial charge >= 0.3 is 0 Å². The summed E-state index contributed by atoms with van der Waals surface area (Å²) in [7, 11) is 0. The van der Waals surface area contributed by atoms with Crippen LogP contribution in [0.5, 0.6) is 0 Å². The van der Waals surface area contributed by atoms with E-state index in [9.17, 15) is 0 Å². The molecule has 0 aliphatic carbocycles. The smallest absolute Gasteiger partial charge is 0.0424 e. The van der Waals surface area contributed by atoms with Crippen molar-refractivity contribution in [1.82, 2.24) is 4.90 Å². The van der Waals surface area contributed by atoms with Gasteiger partial charge in [0.25, 0.3) is 0 Å². The summed E-state index contributed by atoms with van der Waals surface area (Å²) in [6, 6.07) is 9.72. The van der Waals surface area contributed by atoms with Crippen molar-refractivity contribution in [1.29, 1.82) is 0 Å². The Morgan fingerprint density at radius 1 is 1.33 bits per heavy atom. The Morgan fingerprint density at radius 2 is 2.06 bits per heavy atom. The quantitative estimate of drug-likeness (QED) is 0.865. The monoisotopic (exact) mass is 246 g/mol. The standard InChI is InChI=1S/C16H26N2/c1-3-5-14-7-9-15(10-8-14)16(17)12-18-11-4-6-13(18)2/h7-10,13,16H,3-6,11-12,17H2,1-2H3. The first-order chi connectivity index (χ1) is 8.70. The number of nitrogens with two attached hydrogens (primary N) is 1. The van der Waals surface area contributed by atoms with Crippen LogP contribution in [0.25, 0.3) is 0 Å². The normalized spacial score (nSPS) is 22.3. The van der Waals surface area contributed by atoms with Gasteiger partial charge in [0, 0.05) is 18.6 Å². The zero-order valence-corrected chi connectivity index (χ0v) is 11.7. The fourth-order valence-electron chi connectivity index (χ4n) is 2.84. The Kier molecular flexibility index (Phi) is 4.79. The maximum absolute atomic E-state index is 6.32. The van der Waals surface area contributed by atoms with Crippen LogP contribution in [0.1, 0.15) is 50.3 Å². The van der Waals surface area contributed by atoms with Crippen LogP contribution in [-0.4, -0.2) is 24.0 Å². The molecule has 2 atom stereocenters. The molecule has 1 aromatic carbocycles. The zero-order valence-electron chi connectivity index (χ0n) is 11.7. The largest absolute Gasteiger partial charge is 0.323 e. The summed E-state index contributed by atoms with van der Waals surface area (Å²) in [6.07, 6.45) is 5.01. The van der Waals surface area contributed by atoms with Gasteiger partial charge in [0.15, 0.2) is 0 Å². The molecule has 0 radical (unpaired) electrons. The third-order valence-electron chi connectivity index (χ3n) is 4.07. The molecule has 2 N–H and O–H groups in total. The van der Waals surface area contributed by atoms with Gasteiger partial charge in [-0.25, -0.2) is 0 Å². The van der Waals surface area contributed by atoms with E-state index in [2.05, 4.69) is 43.0 Å². The number of nitrogens with zero attached hydrogens (tertiary/aromatic N) is 1. The number of likely N-dealkylation sites (tertiary alicyclic amines) is 1. The Bertz CT molecular complexity index is 358. The zero-order chi connectivity index (χ0) is 13.0. The summed E-state index contributed by atoms with van der Waals surface area (Å²) in [5.74, 6) is 0. The lowest BCUT2D eigenvalue weighted by Gasteiger charge is -2.25. The summed E-state index contributed by atoms with van der Waals surface area (Å²) in [4.78, 5) is 2.52. The van der Waals surface area contributed by atoms with Crippen LogP contribution >= 0.6 is 0 Å². The minimum absolute atomic E-state index is 0.154. The summed E-state index contributed by atoms with van der Waals surface area (Å²) in [5, 5.41) is 0. The minimum Gasteiger partial charge on any atom is -0.323 e. The molecular formula is C16H26N2. The first-order valence-electron chi connectivity index (χ1n) is 7.29. The van der Waals surface area contributed by atoms with Crippen molar-refractivity contribution in [2.75, 3.05) is 13.1 Å². The maximum Gasteiger partial charge on any atom is 0.0424 e. The van der Waals surface area contributed by atoms with Crippen molar-refractivity contribution in [3.63, 3.8) is 0 Å². The van der Waals surface area contributed by atoms with Gasteiger partial charge in [-0.3, -0.25) is 4.90 Å². The lowest BCUT2D eigenvalue weighted by molar-refractivity contribution is 0.252. The Morgan fingerprint density at radius 3 is 2.61 bits per heavy atom. The number of rotatable bonds is 5. The van der Waals surface area contributed by atoms with Crippen LogP contribution in [0.2, 0.25) is 0 Å². The van der Waals surface area contributed by atoms with Crippen LogP contribution < -0.4 is 5.73 Å². The van der Waals surface area contributed by atoms with Crippen LogP contribution in [0.3, 0.4) is 0 Å². The number of hydrogen-bond donors (Lipinski definition) is 1. The average molecular weight is 246 g/mol. The van der Waals surface area contributed by atoms with Crippen LogP contribution in [-0.2, 0) is 6.42 Å². The number of aryl methyl sites for hydroxylation is 1. The van der Waals surface area contributed by atoms with Crippen LogP contribution in [0.4, 0.5) is 0 Å². The van der Waals surface area contributed by atoms with Gasteiger partial charge in [-0.15, -0.1) is 0 Å². The molecule has 2 heteroatoms. The second-order valence-electron chi connectivity index (χ2n) is 5.58. The maximum atomic E-state index is 6.32. The molecule has 18 heavy (non-hydrogen) atoms. The molecule has 1 heterocycles. The van der Waals surface area contributed by atoms with Crippen molar-refractivity contribution >= 4 is 0 Å². The Balaban J connectivity index is 1.93. The second kappa shape index (κ2) is 6.35. The van der Waals surface area contributed by atoms with Crippen LogP contribution in [0, 0.1) is 0 Å². The molecule has 1 fully saturated rings. The van der Waals surface area contributed by atoms with Crippen molar-refractivity contribution in [3.8, 4) is 0 Å². The van der Waals surface area contributed by atoms with Gasteiger partial charge in [0.05, 0.1) is 0 Å². The summed E-state index contributed by atoms with van der Waals surface area (Å²) < 4.78 is 0. The molecule has 1 aliphatic rings. The SMILES string of the molecule is CCCc1ccc(C(N)CN2CCCC2C)cc1. The van der Waals surface area contributed by atoms with Gasteiger partial charge in [-0.1, -0.05) is 37.6 Å². The second-order valence-corrected chi connectivity index (χ2v) is 5.58. The highest BCUT2D eigenvalue weighted by molar-refractivity contribution is 5.25. The lowest BCUT2D eigenvalue weighted by Crippen LogP contribution is -2.34. The molecule has 100 valence electrons. The van der Waals surface area contributed by atoms with Crippen LogP contribution in [0.15, 0.2) is 24.3 Å². The molecular weight excluding hydrogens is 220 g/mol. The van der Waals surface area contributed by atoms with Crippen molar-refractivity contribution in [3.05, 3.63) is 35.4 Å². The van der Waals surface area contributed by atoms with Crippen molar-refractivity contribution in [2.45, 2.75) is 51.6 Å². The summed E-state index contributed by atoms with van der Waals surface area (Å²) in [6.45, 7) is 6.73. The molecule has 1 aliphatic heterocycles. The molecule has 2 rings (SSSR count). The minimum atomic E-state index is 0.154. The predicted molar refractivity (Wildman–Crippen MR) is 77.6 cm³/mol. The van der Waals surface area contributed by atoms with E-state index in [1.165, 1.54) is 43.4 Å². The molecule has 2 nitrogen and oxygen atoms in total. The molecule has 0 amide bonds. The number of hydrogen-bond acceptors (Lipinski definition) is 2. The lowest BCUT2D eigenvalue weighted by atomic mass is 10.0. The molecule has 0 bridgehead atoms. The molecule has 0 saturated carbocycles. The summed E-state index contributed by atoms with van der Waals surface area (Å²) >= 11 is 0.